The number of nitrogens with zero attached hydrogens (tertiary/aromatic N) is 1. The molecule has 0 aromatic heterocycles. The van der Waals surface area contributed by atoms with E-state index in [4.69, 9.17) is 6.11 Å². The summed E-state index contributed by atoms with van der Waals surface area (Å²) in [5.41, 5.74) is 0.185. The number of carbonyl (C=O) groups excluding carboxylic acids is 3. The van der Waals surface area contributed by atoms with Crippen LogP contribution in [0.15, 0.2) is 12.1 Å². The Morgan fingerprint density at radius 1 is 1.48 bits per heavy atom. The lowest BCUT2D eigenvalue weighted by Crippen LogP contribution is -2.38. The monoisotopic (exact) mass is 376 g/mol. The SMILES string of the molecule is [2H]C1C(CCC(C)=O)C(=O)c2c(O)cc(OC(C)CCCCC)cc2N1C=O. The van der Waals surface area contributed by atoms with E-state index < -0.39 is 18.2 Å². The molecule has 6 heteroatoms. The summed E-state index contributed by atoms with van der Waals surface area (Å²) in [5, 5.41) is 10.5. The van der Waals surface area contributed by atoms with Crippen LogP contribution in [0.4, 0.5) is 5.69 Å². The third-order valence-corrected chi connectivity index (χ3v) is 4.74. The van der Waals surface area contributed by atoms with Gasteiger partial charge in [-0.05, 0) is 33.1 Å². The van der Waals surface area contributed by atoms with Crippen LogP contribution in [0.3, 0.4) is 0 Å². The van der Waals surface area contributed by atoms with E-state index in [0.29, 0.717) is 12.2 Å². The van der Waals surface area contributed by atoms with Crippen LogP contribution in [0.25, 0.3) is 0 Å². The number of aromatic hydroxyl groups is 1. The lowest BCUT2D eigenvalue weighted by molar-refractivity contribution is -0.117. The maximum absolute atomic E-state index is 12.9. The van der Waals surface area contributed by atoms with Crippen LogP contribution in [-0.2, 0) is 9.59 Å². The molecule has 3 atom stereocenters. The number of phenolic OH excluding ortho intramolecular Hbond substituents is 1. The number of anilines is 1. The Labute approximate surface area is 161 Å². The molecule has 0 saturated heterocycles. The first-order chi connectivity index (χ1) is 13.3. The van der Waals surface area contributed by atoms with Crippen LogP contribution < -0.4 is 9.64 Å². The number of amides is 1. The molecular weight excluding hydrogens is 346 g/mol. The second-order valence-electron chi connectivity index (χ2n) is 7.13. The molecule has 0 saturated carbocycles. The average molecular weight is 376 g/mol. The van der Waals surface area contributed by atoms with E-state index in [-0.39, 0.29) is 41.7 Å². The van der Waals surface area contributed by atoms with Gasteiger partial charge in [-0.2, -0.15) is 0 Å². The van der Waals surface area contributed by atoms with Crippen molar-refractivity contribution >= 4 is 23.7 Å². The van der Waals surface area contributed by atoms with Gasteiger partial charge in [-0.3, -0.25) is 9.59 Å². The van der Waals surface area contributed by atoms with Gasteiger partial charge in [0.05, 0.1) is 18.7 Å². The molecule has 1 aliphatic heterocycles. The number of fused-ring (bicyclic) bond motifs is 1. The van der Waals surface area contributed by atoms with Crippen molar-refractivity contribution in [1.82, 2.24) is 0 Å². The zero-order valence-corrected chi connectivity index (χ0v) is 16.2. The van der Waals surface area contributed by atoms with Gasteiger partial charge in [0.15, 0.2) is 5.78 Å². The second kappa shape index (κ2) is 9.53. The Kier molecular flexibility index (Phi) is 6.85. The molecule has 6 nitrogen and oxygen atoms in total. The number of carbonyl (C=O) groups is 3. The molecule has 0 bridgehead atoms. The van der Waals surface area contributed by atoms with Crippen molar-refractivity contribution in [2.24, 2.45) is 5.92 Å². The van der Waals surface area contributed by atoms with Crippen molar-refractivity contribution < 1.29 is 25.6 Å². The van der Waals surface area contributed by atoms with Crippen LogP contribution in [0, 0.1) is 5.92 Å². The first-order valence-corrected chi connectivity index (χ1v) is 9.53. The van der Waals surface area contributed by atoms with E-state index in [1.807, 2.05) is 6.92 Å². The molecule has 1 N–H and O–H groups in total. The number of benzene rings is 1. The van der Waals surface area contributed by atoms with Crippen LogP contribution in [-0.4, -0.2) is 35.7 Å². The highest BCUT2D eigenvalue weighted by Crippen LogP contribution is 2.40. The number of rotatable bonds is 10. The minimum atomic E-state index is -1.14. The third-order valence-electron chi connectivity index (χ3n) is 4.74. The highest BCUT2D eigenvalue weighted by Gasteiger charge is 2.34. The fraction of sp³-hybridized carbons (Fsp3) is 0.571. The Hall–Kier alpha value is -2.37. The van der Waals surface area contributed by atoms with Gasteiger partial charge < -0.3 is 19.5 Å². The Morgan fingerprint density at radius 2 is 2.22 bits per heavy atom. The number of phenols is 1. The summed E-state index contributed by atoms with van der Waals surface area (Å²) in [6.45, 7) is 4.33. The molecular formula is C21H29NO5. The van der Waals surface area contributed by atoms with E-state index in [1.54, 1.807) is 0 Å². The third kappa shape index (κ3) is 5.31. The summed E-state index contributed by atoms with van der Waals surface area (Å²) in [6, 6.07) is 2.91. The van der Waals surface area contributed by atoms with Crippen molar-refractivity contribution in [3.63, 3.8) is 0 Å². The lowest BCUT2D eigenvalue weighted by Gasteiger charge is -2.32. The topological polar surface area (TPSA) is 83.9 Å². The molecule has 1 aromatic rings. The van der Waals surface area contributed by atoms with Gasteiger partial charge in [0, 0.05) is 31.0 Å². The summed E-state index contributed by atoms with van der Waals surface area (Å²) in [4.78, 5) is 36.9. The molecule has 3 unspecified atom stereocenters. The van der Waals surface area contributed by atoms with Crippen LogP contribution >= 0.6 is 0 Å². The minimum absolute atomic E-state index is 0.00939. The first-order valence-electron chi connectivity index (χ1n) is 10.1. The van der Waals surface area contributed by atoms with Gasteiger partial charge in [0.2, 0.25) is 6.41 Å². The molecule has 1 aliphatic rings. The molecule has 148 valence electrons. The van der Waals surface area contributed by atoms with E-state index in [1.165, 1.54) is 19.1 Å². The van der Waals surface area contributed by atoms with Gasteiger partial charge in [-0.15, -0.1) is 0 Å². The minimum Gasteiger partial charge on any atom is -0.507 e. The highest BCUT2D eigenvalue weighted by molar-refractivity contribution is 6.09. The van der Waals surface area contributed by atoms with Crippen molar-refractivity contribution in [2.75, 3.05) is 11.4 Å². The van der Waals surface area contributed by atoms with E-state index in [0.717, 1.165) is 30.6 Å². The molecule has 0 aliphatic carbocycles. The van der Waals surface area contributed by atoms with Gasteiger partial charge in [-0.25, -0.2) is 0 Å². The fourth-order valence-corrected chi connectivity index (χ4v) is 3.27. The Bertz CT molecular complexity index is 736. The van der Waals surface area contributed by atoms with Crippen molar-refractivity contribution in [3.05, 3.63) is 17.7 Å². The number of hydrogen-bond acceptors (Lipinski definition) is 5. The zero-order valence-electron chi connectivity index (χ0n) is 17.2. The summed E-state index contributed by atoms with van der Waals surface area (Å²) in [6.07, 6.45) is 4.82. The first kappa shape index (κ1) is 19.4. The molecule has 0 fully saturated rings. The standard InChI is InChI=1S/C21H29NO5/c1-4-5-6-7-15(3)27-17-10-18-20(19(25)11-17)21(26)16(9-8-14(2)24)12-22(18)13-23/h10-11,13,15-16,25H,4-9,12H2,1-3H3/i12D. The number of ether oxygens (including phenoxy) is 1. The summed E-state index contributed by atoms with van der Waals surface area (Å²) in [5.74, 6) is -1.28. The van der Waals surface area contributed by atoms with Gasteiger partial charge >= 0.3 is 0 Å². The molecule has 27 heavy (non-hydrogen) atoms. The lowest BCUT2D eigenvalue weighted by atomic mass is 9.87. The fourth-order valence-electron chi connectivity index (χ4n) is 3.27. The Morgan fingerprint density at radius 3 is 2.85 bits per heavy atom. The summed E-state index contributed by atoms with van der Waals surface area (Å²) >= 11 is 0. The maximum Gasteiger partial charge on any atom is 0.214 e. The molecule has 1 aromatic carbocycles. The van der Waals surface area contributed by atoms with Gasteiger partial charge in [0.25, 0.3) is 0 Å². The summed E-state index contributed by atoms with van der Waals surface area (Å²) in [7, 11) is 0. The normalized spacial score (nSPS) is 20.6. The molecule has 2 rings (SSSR count). The number of hydrogen-bond donors (Lipinski definition) is 1. The van der Waals surface area contributed by atoms with E-state index in [9.17, 15) is 19.5 Å². The maximum atomic E-state index is 12.9. The van der Waals surface area contributed by atoms with E-state index in [2.05, 4.69) is 6.92 Å². The van der Waals surface area contributed by atoms with Crippen LogP contribution in [0.5, 0.6) is 11.5 Å². The number of Topliss-reactive ketones (excluding diaryl/α,β-unsaturated/α-hetero) is 2. The Balaban J connectivity index is 2.30. The van der Waals surface area contributed by atoms with Crippen molar-refractivity contribution in [3.8, 4) is 11.5 Å². The summed E-state index contributed by atoms with van der Waals surface area (Å²) < 4.78 is 14.2. The van der Waals surface area contributed by atoms with Crippen LogP contribution in [0.1, 0.15) is 71.0 Å². The van der Waals surface area contributed by atoms with Gasteiger partial charge in [-0.1, -0.05) is 19.8 Å². The van der Waals surface area contributed by atoms with Gasteiger partial charge in [0.1, 0.15) is 17.3 Å². The molecule has 0 radical (unpaired) electrons. The second-order valence-corrected chi connectivity index (χ2v) is 7.13. The number of ketones is 2. The quantitative estimate of drug-likeness (QED) is 0.495. The largest absolute Gasteiger partial charge is 0.507 e. The average Bonchev–Trinajstić information content (AvgIpc) is 2.61. The highest BCUT2D eigenvalue weighted by atomic mass is 16.5. The molecule has 1 amide bonds. The van der Waals surface area contributed by atoms with Crippen molar-refractivity contribution in [1.29, 1.82) is 0 Å². The predicted molar refractivity (Wildman–Crippen MR) is 103 cm³/mol. The molecule has 0 spiro atoms. The number of unbranched alkanes of at least 4 members (excludes halogenated alkanes) is 2. The molecule has 1 heterocycles. The predicted octanol–water partition coefficient (Wildman–Crippen LogP) is 3.88. The zero-order chi connectivity index (χ0) is 20.8. The smallest absolute Gasteiger partial charge is 0.214 e. The van der Waals surface area contributed by atoms with Crippen LogP contribution in [0.2, 0.25) is 0 Å². The van der Waals surface area contributed by atoms with E-state index >= 15 is 0 Å². The van der Waals surface area contributed by atoms with Crippen molar-refractivity contribution in [2.45, 2.75) is 65.4 Å².